The van der Waals surface area contributed by atoms with Gasteiger partial charge < -0.3 is 0 Å². The summed E-state index contributed by atoms with van der Waals surface area (Å²) in [5, 5.41) is -0.131. The largest absolute Gasteiger partial charge is 0.299 e. The standard InChI is InChI=1S/C8H12Cl2N4O2S/c1-8(2,3)14-17(15,16)13-5-6(9)11-4-12-7(5)10/h4,13-14H,1-3H3. The highest BCUT2D eigenvalue weighted by Gasteiger charge is 2.22. The molecule has 9 heteroatoms. The van der Waals surface area contributed by atoms with Crippen molar-refractivity contribution >= 4 is 39.1 Å². The van der Waals surface area contributed by atoms with E-state index in [9.17, 15) is 8.42 Å². The minimum atomic E-state index is -3.79. The molecule has 1 aromatic rings. The molecule has 1 rings (SSSR count). The maximum absolute atomic E-state index is 11.7. The molecule has 0 atom stereocenters. The van der Waals surface area contributed by atoms with Crippen molar-refractivity contribution in [1.82, 2.24) is 14.7 Å². The fourth-order valence-corrected chi connectivity index (χ4v) is 2.83. The van der Waals surface area contributed by atoms with Crippen molar-refractivity contribution < 1.29 is 8.42 Å². The SMILES string of the molecule is CC(C)(C)NS(=O)(=O)Nc1c(Cl)ncnc1Cl. The lowest BCUT2D eigenvalue weighted by Gasteiger charge is -2.21. The van der Waals surface area contributed by atoms with Crippen molar-refractivity contribution in [2.24, 2.45) is 0 Å². The van der Waals surface area contributed by atoms with E-state index in [0.29, 0.717) is 0 Å². The summed E-state index contributed by atoms with van der Waals surface area (Å²) in [6.45, 7) is 5.12. The van der Waals surface area contributed by atoms with E-state index >= 15 is 0 Å². The average Bonchev–Trinajstić information content (AvgIpc) is 2.07. The molecule has 0 saturated heterocycles. The Balaban J connectivity index is 2.99. The molecular formula is C8H12Cl2N4O2S. The maximum atomic E-state index is 11.7. The zero-order valence-corrected chi connectivity index (χ0v) is 11.8. The molecule has 0 aliphatic carbocycles. The van der Waals surface area contributed by atoms with Gasteiger partial charge in [0.25, 0.3) is 10.2 Å². The summed E-state index contributed by atoms with van der Waals surface area (Å²) in [5.74, 6) is 0. The first-order valence-electron chi connectivity index (χ1n) is 4.58. The van der Waals surface area contributed by atoms with Gasteiger partial charge in [0, 0.05) is 5.54 Å². The highest BCUT2D eigenvalue weighted by molar-refractivity contribution is 7.90. The summed E-state index contributed by atoms with van der Waals surface area (Å²) < 4.78 is 28.0. The van der Waals surface area contributed by atoms with Gasteiger partial charge in [-0.05, 0) is 20.8 Å². The summed E-state index contributed by atoms with van der Waals surface area (Å²) in [4.78, 5) is 7.27. The average molecular weight is 299 g/mol. The third-order valence-electron chi connectivity index (χ3n) is 1.43. The highest BCUT2D eigenvalue weighted by atomic mass is 35.5. The molecule has 0 unspecified atom stereocenters. The maximum Gasteiger partial charge on any atom is 0.299 e. The summed E-state index contributed by atoms with van der Waals surface area (Å²) in [6, 6.07) is 0. The Morgan fingerprint density at radius 1 is 1.18 bits per heavy atom. The summed E-state index contributed by atoms with van der Waals surface area (Å²) in [7, 11) is -3.79. The van der Waals surface area contributed by atoms with Gasteiger partial charge in [-0.25, -0.2) is 9.97 Å². The summed E-state index contributed by atoms with van der Waals surface area (Å²) in [6.07, 6.45) is 1.14. The summed E-state index contributed by atoms with van der Waals surface area (Å²) in [5.41, 5.74) is -0.673. The molecule has 0 bridgehead atoms. The van der Waals surface area contributed by atoms with E-state index in [1.165, 1.54) is 0 Å². The monoisotopic (exact) mass is 298 g/mol. The molecule has 0 radical (unpaired) electrons. The Kier molecular flexibility index (Phi) is 4.19. The van der Waals surface area contributed by atoms with Crippen LogP contribution in [0.2, 0.25) is 10.3 Å². The van der Waals surface area contributed by atoms with Crippen LogP contribution in [-0.2, 0) is 10.2 Å². The van der Waals surface area contributed by atoms with Crippen molar-refractivity contribution in [2.75, 3.05) is 4.72 Å². The van der Waals surface area contributed by atoms with Crippen LogP contribution < -0.4 is 9.44 Å². The molecule has 17 heavy (non-hydrogen) atoms. The number of anilines is 1. The molecule has 0 aromatic carbocycles. The Bertz CT molecular complexity index is 492. The van der Waals surface area contributed by atoms with Gasteiger partial charge in [-0.15, -0.1) is 0 Å². The number of hydrogen-bond acceptors (Lipinski definition) is 4. The van der Waals surface area contributed by atoms with Crippen molar-refractivity contribution in [3.05, 3.63) is 16.6 Å². The molecule has 1 heterocycles. The van der Waals surface area contributed by atoms with Gasteiger partial charge in [-0.1, -0.05) is 23.2 Å². The van der Waals surface area contributed by atoms with Gasteiger partial charge >= 0.3 is 0 Å². The van der Waals surface area contributed by atoms with E-state index in [-0.39, 0.29) is 16.0 Å². The molecule has 0 aliphatic heterocycles. The fourth-order valence-electron chi connectivity index (χ4n) is 0.992. The zero-order valence-electron chi connectivity index (χ0n) is 9.45. The lowest BCUT2D eigenvalue weighted by molar-refractivity contribution is 0.494. The van der Waals surface area contributed by atoms with Crippen molar-refractivity contribution in [1.29, 1.82) is 0 Å². The zero-order chi connectivity index (χ0) is 13.3. The second-order valence-electron chi connectivity index (χ2n) is 4.29. The van der Waals surface area contributed by atoms with Crippen LogP contribution in [0.25, 0.3) is 0 Å². The third-order valence-corrected chi connectivity index (χ3v) is 3.36. The van der Waals surface area contributed by atoms with Crippen LogP contribution in [0.3, 0.4) is 0 Å². The van der Waals surface area contributed by atoms with Gasteiger partial charge in [0.2, 0.25) is 0 Å². The first-order chi connectivity index (χ1) is 7.61. The smallest absolute Gasteiger partial charge is 0.265 e. The highest BCUT2D eigenvalue weighted by Crippen LogP contribution is 2.26. The Hall–Kier alpha value is -0.630. The second kappa shape index (κ2) is 4.93. The van der Waals surface area contributed by atoms with Crippen LogP contribution in [0.5, 0.6) is 0 Å². The number of hydrogen-bond donors (Lipinski definition) is 2. The molecule has 0 spiro atoms. The molecule has 0 aliphatic rings. The van der Waals surface area contributed by atoms with Crippen LogP contribution in [0, 0.1) is 0 Å². The number of rotatable bonds is 3. The quantitative estimate of drug-likeness (QED) is 0.834. The number of nitrogens with zero attached hydrogens (tertiary/aromatic N) is 2. The van der Waals surface area contributed by atoms with E-state index in [2.05, 4.69) is 19.4 Å². The molecule has 0 saturated carbocycles. The van der Waals surface area contributed by atoms with Gasteiger partial charge in [-0.2, -0.15) is 13.1 Å². The second-order valence-corrected chi connectivity index (χ2v) is 6.42. The van der Waals surface area contributed by atoms with E-state index < -0.39 is 15.7 Å². The van der Waals surface area contributed by atoms with Crippen LogP contribution in [0.4, 0.5) is 5.69 Å². The van der Waals surface area contributed by atoms with Gasteiger partial charge in [0.1, 0.15) is 12.0 Å². The predicted octanol–water partition coefficient (Wildman–Crippen LogP) is 1.83. The first-order valence-corrected chi connectivity index (χ1v) is 6.82. The fraction of sp³-hybridized carbons (Fsp3) is 0.500. The third kappa shape index (κ3) is 4.63. The lowest BCUT2D eigenvalue weighted by Crippen LogP contribution is -2.43. The molecular weight excluding hydrogens is 287 g/mol. The van der Waals surface area contributed by atoms with E-state index in [0.717, 1.165) is 6.33 Å². The number of halogens is 2. The summed E-state index contributed by atoms with van der Waals surface area (Å²) >= 11 is 11.4. The van der Waals surface area contributed by atoms with Crippen molar-refractivity contribution in [3.8, 4) is 0 Å². The molecule has 6 nitrogen and oxygen atoms in total. The van der Waals surface area contributed by atoms with Crippen LogP contribution in [-0.4, -0.2) is 23.9 Å². The number of nitrogens with one attached hydrogen (secondary N) is 2. The van der Waals surface area contributed by atoms with Gasteiger partial charge in [-0.3, -0.25) is 4.72 Å². The Morgan fingerprint density at radius 3 is 2.06 bits per heavy atom. The minimum absolute atomic E-state index is 0.0485. The topological polar surface area (TPSA) is 84.0 Å². The van der Waals surface area contributed by atoms with Crippen LogP contribution in [0.15, 0.2) is 6.33 Å². The minimum Gasteiger partial charge on any atom is -0.265 e. The van der Waals surface area contributed by atoms with E-state index in [4.69, 9.17) is 23.2 Å². The van der Waals surface area contributed by atoms with Crippen LogP contribution in [0.1, 0.15) is 20.8 Å². The van der Waals surface area contributed by atoms with Crippen LogP contribution >= 0.6 is 23.2 Å². The van der Waals surface area contributed by atoms with E-state index in [1.54, 1.807) is 20.8 Å². The van der Waals surface area contributed by atoms with Gasteiger partial charge in [0.15, 0.2) is 10.3 Å². The molecule has 1 aromatic heterocycles. The predicted molar refractivity (Wildman–Crippen MR) is 67.5 cm³/mol. The molecule has 96 valence electrons. The van der Waals surface area contributed by atoms with Crippen molar-refractivity contribution in [2.45, 2.75) is 26.3 Å². The molecule has 0 fully saturated rings. The number of aromatic nitrogens is 2. The van der Waals surface area contributed by atoms with Gasteiger partial charge in [0.05, 0.1) is 0 Å². The van der Waals surface area contributed by atoms with Crippen molar-refractivity contribution in [3.63, 3.8) is 0 Å². The normalized spacial score (nSPS) is 12.5. The Labute approximate surface area is 110 Å². The Morgan fingerprint density at radius 2 is 1.65 bits per heavy atom. The molecule has 2 N–H and O–H groups in total. The van der Waals surface area contributed by atoms with E-state index in [1.807, 2.05) is 0 Å². The lowest BCUT2D eigenvalue weighted by atomic mass is 10.1. The molecule has 0 amide bonds. The first kappa shape index (κ1) is 14.4.